The molecule has 0 fully saturated rings. The van der Waals surface area contributed by atoms with E-state index in [0.29, 0.717) is 18.7 Å². The van der Waals surface area contributed by atoms with E-state index >= 15 is 0 Å². The number of para-hydroxylation sites is 2. The molecule has 0 bridgehead atoms. The highest BCUT2D eigenvalue weighted by Crippen LogP contribution is 2.29. The number of amides is 4. The number of carbonyl (C=O) groups excluding carboxylic acids is 3. The number of carboxylic acid groups (broad SMARTS) is 1. The molecule has 0 aliphatic carbocycles. The van der Waals surface area contributed by atoms with Crippen molar-refractivity contribution in [2.24, 2.45) is 5.92 Å². The minimum absolute atomic E-state index is 0.00449. The van der Waals surface area contributed by atoms with Crippen LogP contribution < -0.4 is 25.6 Å². The maximum absolute atomic E-state index is 13.8. The Morgan fingerprint density at radius 3 is 2.45 bits per heavy atom. The Morgan fingerprint density at radius 2 is 1.71 bits per heavy atom. The first-order chi connectivity index (χ1) is 20.0. The van der Waals surface area contributed by atoms with Crippen LogP contribution in [0.3, 0.4) is 0 Å². The van der Waals surface area contributed by atoms with Crippen molar-refractivity contribution in [1.29, 1.82) is 0 Å². The molecule has 12 heteroatoms. The monoisotopic (exact) mass is 582 g/mol. The van der Waals surface area contributed by atoms with E-state index in [0.717, 1.165) is 18.2 Å². The van der Waals surface area contributed by atoms with Gasteiger partial charge in [0.05, 0.1) is 17.8 Å². The average Bonchev–Trinajstić information content (AvgIpc) is 2.96. The highest BCUT2D eigenvalue weighted by atomic mass is 19.1. The van der Waals surface area contributed by atoms with Crippen LogP contribution in [0.15, 0.2) is 66.7 Å². The fraction of sp³-hybridized carbons (Fsp3) is 0.267. The van der Waals surface area contributed by atoms with E-state index in [1.54, 1.807) is 24.3 Å². The molecule has 4 amide bonds. The molecule has 0 radical (unpaired) electrons. The maximum atomic E-state index is 13.8. The van der Waals surface area contributed by atoms with Gasteiger partial charge in [-0.25, -0.2) is 18.4 Å². The summed E-state index contributed by atoms with van der Waals surface area (Å²) < 4.78 is 32.9. The molecule has 3 aromatic carbocycles. The van der Waals surface area contributed by atoms with Crippen molar-refractivity contribution in [1.82, 2.24) is 10.6 Å². The molecule has 0 aliphatic rings. The number of nitrogens with one attached hydrogen (secondary N) is 3. The number of aromatic carboxylic acids is 1. The zero-order valence-electron chi connectivity index (χ0n) is 23.2. The van der Waals surface area contributed by atoms with Crippen molar-refractivity contribution >= 4 is 35.2 Å². The largest absolute Gasteiger partial charge is 0.482 e. The summed E-state index contributed by atoms with van der Waals surface area (Å²) in [5.41, 5.74) is 0.604. The third-order valence-corrected chi connectivity index (χ3v) is 6.00. The summed E-state index contributed by atoms with van der Waals surface area (Å²) in [5, 5.41) is 16.6. The molecule has 3 aromatic rings. The second-order valence-corrected chi connectivity index (χ2v) is 9.69. The molecular weight excluding hydrogens is 550 g/mol. The first-order valence-electron chi connectivity index (χ1n) is 13.1. The molecule has 0 heterocycles. The molecule has 42 heavy (non-hydrogen) atoms. The summed E-state index contributed by atoms with van der Waals surface area (Å²) in [4.78, 5) is 50.7. The van der Waals surface area contributed by atoms with Crippen molar-refractivity contribution in [2.45, 2.75) is 26.8 Å². The molecule has 3 rings (SSSR count). The van der Waals surface area contributed by atoms with Crippen LogP contribution in [-0.4, -0.2) is 48.6 Å². The Hall–Kier alpha value is -5.00. The Kier molecular flexibility index (Phi) is 11.4. The van der Waals surface area contributed by atoms with Gasteiger partial charge in [0, 0.05) is 24.3 Å². The van der Waals surface area contributed by atoms with Crippen molar-refractivity contribution in [3.8, 4) is 5.75 Å². The van der Waals surface area contributed by atoms with Crippen LogP contribution in [0, 0.1) is 17.6 Å². The first kappa shape index (κ1) is 31.5. The highest BCUT2D eigenvalue weighted by molar-refractivity contribution is 6.00. The lowest BCUT2D eigenvalue weighted by Gasteiger charge is -2.26. The number of halogens is 2. The molecule has 0 unspecified atom stereocenters. The molecule has 4 N–H and O–H groups in total. The second kappa shape index (κ2) is 15.1. The minimum Gasteiger partial charge on any atom is -0.482 e. The summed E-state index contributed by atoms with van der Waals surface area (Å²) >= 11 is 0. The van der Waals surface area contributed by atoms with Gasteiger partial charge in [-0.3, -0.25) is 9.59 Å². The molecule has 0 spiro atoms. The second-order valence-electron chi connectivity index (χ2n) is 9.69. The number of urea groups is 1. The Morgan fingerprint density at radius 1 is 0.952 bits per heavy atom. The van der Waals surface area contributed by atoms with Crippen LogP contribution in [0.1, 0.15) is 36.2 Å². The zero-order chi connectivity index (χ0) is 30.6. The summed E-state index contributed by atoms with van der Waals surface area (Å²) in [6, 6.07) is 14.5. The molecule has 0 saturated heterocycles. The standard InChI is InChI=1S/C30H32F2N4O6/c1-19(2)12-13-36(28(38)17-34-30(41)35-23-7-5-6-20(15-23)29(39)40)25-8-3-4-9-26(25)42-18-27(37)33-16-21-14-22(31)10-11-24(21)32/h3-11,14-15,19H,12-13,16-18H2,1-2H3,(H,33,37)(H,39,40)(H2,34,35,41). The number of hydrogen-bond donors (Lipinski definition) is 4. The highest BCUT2D eigenvalue weighted by Gasteiger charge is 2.21. The summed E-state index contributed by atoms with van der Waals surface area (Å²) in [6.45, 7) is 3.22. The van der Waals surface area contributed by atoms with E-state index < -0.39 is 42.1 Å². The van der Waals surface area contributed by atoms with Crippen molar-refractivity contribution in [2.75, 3.05) is 29.9 Å². The van der Waals surface area contributed by atoms with E-state index in [4.69, 9.17) is 9.84 Å². The van der Waals surface area contributed by atoms with Crippen LogP contribution in [0.4, 0.5) is 25.0 Å². The predicted octanol–water partition coefficient (Wildman–Crippen LogP) is 4.56. The van der Waals surface area contributed by atoms with Gasteiger partial charge >= 0.3 is 12.0 Å². The molecule has 0 saturated carbocycles. The number of rotatable bonds is 13. The zero-order valence-corrected chi connectivity index (χ0v) is 23.2. The summed E-state index contributed by atoms with van der Waals surface area (Å²) in [6.07, 6.45) is 0.633. The molecule has 10 nitrogen and oxygen atoms in total. The quantitative estimate of drug-likeness (QED) is 0.233. The van der Waals surface area contributed by atoms with Gasteiger partial charge in [-0.1, -0.05) is 32.0 Å². The summed E-state index contributed by atoms with van der Waals surface area (Å²) in [7, 11) is 0. The van der Waals surface area contributed by atoms with Crippen molar-refractivity contribution in [3.05, 3.63) is 89.5 Å². The van der Waals surface area contributed by atoms with Gasteiger partial charge in [-0.05, 0) is 60.9 Å². The lowest BCUT2D eigenvalue weighted by atomic mass is 10.1. The SMILES string of the molecule is CC(C)CCN(C(=O)CNC(=O)Nc1cccc(C(=O)O)c1)c1ccccc1OCC(=O)NCc1cc(F)ccc1F. The van der Waals surface area contributed by atoms with Crippen molar-refractivity contribution < 1.29 is 37.8 Å². The number of nitrogens with zero attached hydrogens (tertiary/aromatic N) is 1. The van der Waals surface area contributed by atoms with Crippen molar-refractivity contribution in [3.63, 3.8) is 0 Å². The lowest BCUT2D eigenvalue weighted by Crippen LogP contribution is -2.42. The number of carbonyl (C=O) groups is 4. The fourth-order valence-electron chi connectivity index (χ4n) is 3.79. The Bertz CT molecular complexity index is 1430. The number of ether oxygens (including phenoxy) is 1. The van der Waals surface area contributed by atoms with Gasteiger partial charge in [0.15, 0.2) is 6.61 Å². The predicted molar refractivity (Wildman–Crippen MR) is 152 cm³/mol. The van der Waals surface area contributed by atoms with Gasteiger partial charge in [0.2, 0.25) is 5.91 Å². The first-order valence-corrected chi connectivity index (χ1v) is 13.1. The maximum Gasteiger partial charge on any atom is 0.335 e. The topological polar surface area (TPSA) is 137 Å². The van der Waals surface area contributed by atoms with E-state index in [2.05, 4.69) is 16.0 Å². The van der Waals surface area contributed by atoms with E-state index in [-0.39, 0.29) is 41.6 Å². The average molecular weight is 583 g/mol. The van der Waals surface area contributed by atoms with E-state index in [1.165, 1.54) is 29.2 Å². The van der Waals surface area contributed by atoms with Gasteiger partial charge in [-0.2, -0.15) is 0 Å². The minimum atomic E-state index is -1.14. The van der Waals surface area contributed by atoms with Gasteiger partial charge < -0.3 is 30.7 Å². The van der Waals surface area contributed by atoms with Gasteiger partial charge in [0.1, 0.15) is 17.4 Å². The van der Waals surface area contributed by atoms with Crippen LogP contribution in [0.25, 0.3) is 0 Å². The van der Waals surface area contributed by atoms with Crippen LogP contribution in [-0.2, 0) is 16.1 Å². The van der Waals surface area contributed by atoms with Gasteiger partial charge in [-0.15, -0.1) is 0 Å². The number of benzene rings is 3. The van der Waals surface area contributed by atoms with Gasteiger partial charge in [0.25, 0.3) is 5.91 Å². The number of hydrogen-bond acceptors (Lipinski definition) is 5. The molecular formula is C30H32F2N4O6. The third kappa shape index (κ3) is 9.58. The number of carboxylic acids is 1. The Balaban J connectivity index is 1.64. The molecule has 0 atom stereocenters. The normalized spacial score (nSPS) is 10.6. The molecule has 0 aromatic heterocycles. The van der Waals surface area contributed by atoms with Crippen LogP contribution in [0.5, 0.6) is 5.75 Å². The number of anilines is 2. The van der Waals surface area contributed by atoms with E-state index in [9.17, 15) is 28.0 Å². The molecule has 0 aliphatic heterocycles. The fourth-order valence-corrected chi connectivity index (χ4v) is 3.79. The smallest absolute Gasteiger partial charge is 0.335 e. The van der Waals surface area contributed by atoms with E-state index in [1.807, 2.05) is 13.8 Å². The van der Waals surface area contributed by atoms with Crippen LogP contribution >= 0.6 is 0 Å². The Labute approximate surface area is 241 Å². The molecule has 222 valence electrons. The third-order valence-electron chi connectivity index (χ3n) is 6.00. The van der Waals surface area contributed by atoms with Crippen LogP contribution in [0.2, 0.25) is 0 Å². The lowest BCUT2D eigenvalue weighted by molar-refractivity contribution is -0.123. The summed E-state index contributed by atoms with van der Waals surface area (Å²) in [5.74, 6) is -2.98.